The van der Waals surface area contributed by atoms with Gasteiger partial charge in [0.25, 0.3) is 5.91 Å². The average molecular weight is 281 g/mol. The first-order valence-electron chi connectivity index (χ1n) is 6.55. The van der Waals surface area contributed by atoms with E-state index in [9.17, 15) is 9.59 Å². The van der Waals surface area contributed by atoms with Crippen molar-refractivity contribution in [2.75, 3.05) is 7.11 Å². The van der Waals surface area contributed by atoms with Crippen LogP contribution in [0.2, 0.25) is 0 Å². The number of amides is 1. The third-order valence-electron chi connectivity index (χ3n) is 3.60. The first kappa shape index (κ1) is 14.1. The van der Waals surface area contributed by atoms with Crippen molar-refractivity contribution in [3.8, 4) is 0 Å². The average Bonchev–Trinajstić information content (AvgIpc) is 2.85. The second kappa shape index (κ2) is 5.74. The van der Waals surface area contributed by atoms with Gasteiger partial charge in [-0.3, -0.25) is 4.79 Å². The minimum atomic E-state index is -0.831. The van der Waals surface area contributed by atoms with Crippen LogP contribution in [-0.4, -0.2) is 24.5 Å². The Morgan fingerprint density at radius 2 is 1.95 bits per heavy atom. The van der Waals surface area contributed by atoms with Crippen LogP contribution in [0.4, 0.5) is 0 Å². The zero-order valence-corrected chi connectivity index (χ0v) is 12.1. The van der Waals surface area contributed by atoms with E-state index in [2.05, 4.69) is 5.32 Å². The van der Waals surface area contributed by atoms with Gasteiger partial charge in [0.15, 0.2) is 0 Å². The van der Waals surface area contributed by atoms with Gasteiger partial charge >= 0.3 is 5.97 Å². The molecule has 1 heterocycles. The molecule has 104 valence electrons. The molecule has 0 saturated heterocycles. The molecule has 1 N–H and O–H groups in total. The molecule has 0 radical (unpaired) electrons. The van der Waals surface area contributed by atoms with Crippen molar-refractivity contribution in [2.45, 2.75) is 44.6 Å². The third kappa shape index (κ3) is 2.97. The monoisotopic (exact) mass is 281 g/mol. The molecule has 19 heavy (non-hydrogen) atoms. The van der Waals surface area contributed by atoms with Crippen molar-refractivity contribution in [3.05, 3.63) is 21.9 Å². The second-order valence-corrected chi connectivity index (χ2v) is 6.29. The van der Waals surface area contributed by atoms with Crippen LogP contribution in [0.25, 0.3) is 0 Å². The van der Waals surface area contributed by atoms with Gasteiger partial charge in [-0.05, 0) is 31.9 Å². The maximum atomic E-state index is 12.2. The minimum Gasteiger partial charge on any atom is -0.467 e. The second-order valence-electron chi connectivity index (χ2n) is 5.00. The van der Waals surface area contributed by atoms with Crippen molar-refractivity contribution in [2.24, 2.45) is 0 Å². The number of nitrogens with one attached hydrogen (secondary N) is 1. The lowest BCUT2D eigenvalue weighted by atomic mass is 9.81. The fourth-order valence-electron chi connectivity index (χ4n) is 2.57. The Kier molecular flexibility index (Phi) is 4.24. The van der Waals surface area contributed by atoms with Crippen molar-refractivity contribution in [3.63, 3.8) is 0 Å². The van der Waals surface area contributed by atoms with Crippen LogP contribution < -0.4 is 5.32 Å². The molecular weight excluding hydrogens is 262 g/mol. The van der Waals surface area contributed by atoms with Crippen molar-refractivity contribution in [1.82, 2.24) is 5.32 Å². The molecule has 2 rings (SSSR count). The van der Waals surface area contributed by atoms with E-state index in [1.807, 2.05) is 13.0 Å². The summed E-state index contributed by atoms with van der Waals surface area (Å²) in [7, 11) is 1.38. The zero-order valence-electron chi connectivity index (χ0n) is 11.3. The summed E-state index contributed by atoms with van der Waals surface area (Å²) in [5.41, 5.74) is -0.831. The molecule has 0 aliphatic heterocycles. The quantitative estimate of drug-likeness (QED) is 0.867. The Morgan fingerprint density at radius 1 is 1.26 bits per heavy atom. The molecule has 5 heteroatoms. The van der Waals surface area contributed by atoms with Crippen LogP contribution in [0, 0.1) is 6.92 Å². The molecule has 0 unspecified atom stereocenters. The fourth-order valence-corrected chi connectivity index (χ4v) is 3.33. The van der Waals surface area contributed by atoms with Crippen LogP contribution in [-0.2, 0) is 9.53 Å². The van der Waals surface area contributed by atoms with Crippen LogP contribution in [0.3, 0.4) is 0 Å². The number of hydrogen-bond donors (Lipinski definition) is 1. The van der Waals surface area contributed by atoms with Crippen molar-refractivity contribution >= 4 is 23.2 Å². The summed E-state index contributed by atoms with van der Waals surface area (Å²) in [6.07, 6.45) is 4.32. The highest BCUT2D eigenvalue weighted by molar-refractivity contribution is 7.13. The molecule has 0 bridgehead atoms. The van der Waals surface area contributed by atoms with E-state index in [4.69, 9.17) is 4.74 Å². The van der Waals surface area contributed by atoms with Crippen molar-refractivity contribution in [1.29, 1.82) is 0 Å². The number of esters is 1. The summed E-state index contributed by atoms with van der Waals surface area (Å²) in [6.45, 7) is 1.96. The van der Waals surface area contributed by atoms with E-state index in [0.717, 1.165) is 24.1 Å². The van der Waals surface area contributed by atoms with E-state index in [-0.39, 0.29) is 11.9 Å². The summed E-state index contributed by atoms with van der Waals surface area (Å²) < 4.78 is 4.88. The summed E-state index contributed by atoms with van der Waals surface area (Å²) >= 11 is 1.44. The molecule has 1 aromatic heterocycles. The lowest BCUT2D eigenvalue weighted by Gasteiger charge is -2.35. The van der Waals surface area contributed by atoms with Gasteiger partial charge in [-0.1, -0.05) is 19.3 Å². The first-order valence-corrected chi connectivity index (χ1v) is 7.36. The number of aryl methyl sites for hydroxylation is 1. The number of methoxy groups -OCH3 is 1. The molecule has 1 aliphatic carbocycles. The summed E-state index contributed by atoms with van der Waals surface area (Å²) in [5, 5.41) is 2.91. The van der Waals surface area contributed by atoms with Crippen LogP contribution in [0.5, 0.6) is 0 Å². The number of rotatable bonds is 3. The van der Waals surface area contributed by atoms with E-state index >= 15 is 0 Å². The van der Waals surface area contributed by atoms with Gasteiger partial charge in [0, 0.05) is 4.88 Å². The SMILES string of the molecule is COC(=O)C1(NC(=O)c2ccc(C)s2)CCCCC1. The Labute approximate surface area is 117 Å². The molecule has 1 aliphatic rings. The predicted octanol–water partition coefficient (Wildman–Crippen LogP) is 2.66. The lowest BCUT2D eigenvalue weighted by Crippen LogP contribution is -2.56. The van der Waals surface area contributed by atoms with Crippen LogP contribution >= 0.6 is 11.3 Å². The Bertz CT molecular complexity index is 475. The molecule has 0 atom stereocenters. The molecule has 0 aromatic carbocycles. The zero-order chi connectivity index (χ0) is 13.9. The van der Waals surface area contributed by atoms with Gasteiger partial charge < -0.3 is 10.1 Å². The predicted molar refractivity (Wildman–Crippen MR) is 74.4 cm³/mol. The standard InChI is InChI=1S/C14H19NO3S/c1-10-6-7-11(19-10)12(16)15-14(13(17)18-2)8-4-3-5-9-14/h6-7H,3-5,8-9H2,1-2H3,(H,15,16). The maximum Gasteiger partial charge on any atom is 0.331 e. The molecule has 1 amide bonds. The Balaban J connectivity index is 2.16. The lowest BCUT2D eigenvalue weighted by molar-refractivity contribution is -0.149. The maximum absolute atomic E-state index is 12.2. The highest BCUT2D eigenvalue weighted by atomic mass is 32.1. The van der Waals surface area contributed by atoms with Gasteiger partial charge in [-0.15, -0.1) is 11.3 Å². The largest absolute Gasteiger partial charge is 0.467 e. The fraction of sp³-hybridized carbons (Fsp3) is 0.571. The van der Waals surface area contributed by atoms with E-state index < -0.39 is 5.54 Å². The summed E-state index contributed by atoms with van der Waals surface area (Å²) in [5.74, 6) is -0.501. The Hall–Kier alpha value is -1.36. The number of thiophene rings is 1. The topological polar surface area (TPSA) is 55.4 Å². The number of carbonyl (C=O) groups is 2. The van der Waals surface area contributed by atoms with Gasteiger partial charge in [-0.25, -0.2) is 4.79 Å². The summed E-state index contributed by atoms with van der Waals surface area (Å²) in [4.78, 5) is 26.0. The smallest absolute Gasteiger partial charge is 0.331 e. The number of ether oxygens (including phenoxy) is 1. The molecule has 4 nitrogen and oxygen atoms in total. The minimum absolute atomic E-state index is 0.176. The molecule has 1 fully saturated rings. The van der Waals surface area contributed by atoms with Gasteiger partial charge in [0.2, 0.25) is 0 Å². The molecule has 1 saturated carbocycles. The molecule has 0 spiro atoms. The number of hydrogen-bond acceptors (Lipinski definition) is 4. The van der Waals surface area contributed by atoms with Gasteiger partial charge in [0.05, 0.1) is 12.0 Å². The van der Waals surface area contributed by atoms with Crippen molar-refractivity contribution < 1.29 is 14.3 Å². The number of carbonyl (C=O) groups excluding carboxylic acids is 2. The van der Waals surface area contributed by atoms with E-state index in [1.165, 1.54) is 18.4 Å². The van der Waals surface area contributed by atoms with E-state index in [0.29, 0.717) is 17.7 Å². The van der Waals surface area contributed by atoms with Gasteiger partial charge in [0.1, 0.15) is 5.54 Å². The van der Waals surface area contributed by atoms with Crippen LogP contribution in [0.15, 0.2) is 12.1 Å². The highest BCUT2D eigenvalue weighted by Crippen LogP contribution is 2.30. The first-order chi connectivity index (χ1) is 9.07. The highest BCUT2D eigenvalue weighted by Gasteiger charge is 2.42. The third-order valence-corrected chi connectivity index (χ3v) is 4.60. The molecular formula is C14H19NO3S. The Morgan fingerprint density at radius 3 is 2.47 bits per heavy atom. The molecule has 1 aromatic rings. The summed E-state index contributed by atoms with van der Waals surface area (Å²) in [6, 6.07) is 3.70. The normalized spacial score (nSPS) is 17.8. The van der Waals surface area contributed by atoms with E-state index in [1.54, 1.807) is 6.07 Å². The van der Waals surface area contributed by atoms with Crippen LogP contribution in [0.1, 0.15) is 46.7 Å². The van der Waals surface area contributed by atoms with Gasteiger partial charge in [-0.2, -0.15) is 0 Å².